The molecule has 0 bridgehead atoms. The van der Waals surface area contributed by atoms with Gasteiger partial charge in [-0.15, -0.1) is 0 Å². The third-order valence-electron chi connectivity index (χ3n) is 3.59. The van der Waals surface area contributed by atoms with Crippen molar-refractivity contribution >= 4 is 0 Å². The molecule has 1 saturated heterocycles. The molecule has 2 fully saturated rings. The average molecular weight is 182 g/mol. The lowest BCUT2D eigenvalue weighted by molar-refractivity contribution is 0.302. The zero-order valence-electron chi connectivity index (χ0n) is 8.92. The zero-order chi connectivity index (χ0) is 9.26. The van der Waals surface area contributed by atoms with Crippen molar-refractivity contribution in [2.24, 2.45) is 5.92 Å². The van der Waals surface area contributed by atoms with Crippen LogP contribution in [0.1, 0.15) is 33.1 Å². The highest BCUT2D eigenvalue weighted by molar-refractivity contribution is 4.97. The predicted molar refractivity (Wildman–Crippen MR) is 55.8 cm³/mol. The van der Waals surface area contributed by atoms with Gasteiger partial charge >= 0.3 is 0 Å². The molecule has 0 amide bonds. The third-order valence-corrected chi connectivity index (χ3v) is 3.59. The van der Waals surface area contributed by atoms with Gasteiger partial charge in [-0.1, -0.05) is 20.3 Å². The minimum atomic E-state index is 0.781. The maximum Gasteiger partial charge on any atom is 0.0207 e. The smallest absolute Gasteiger partial charge is 0.0207 e. The van der Waals surface area contributed by atoms with E-state index in [1.165, 1.54) is 32.4 Å². The summed E-state index contributed by atoms with van der Waals surface area (Å²) in [6, 6.07) is 1.73. The molecule has 76 valence electrons. The SMILES string of the molecule is CCNC1CCN(C2CC2CC)C1. The lowest BCUT2D eigenvalue weighted by atomic mass is 10.3. The molecule has 0 radical (unpaired) electrons. The molecule has 1 saturated carbocycles. The Kier molecular flexibility index (Phi) is 2.89. The van der Waals surface area contributed by atoms with E-state index >= 15 is 0 Å². The van der Waals surface area contributed by atoms with Gasteiger partial charge in [0.05, 0.1) is 0 Å². The van der Waals surface area contributed by atoms with Gasteiger partial charge in [0.25, 0.3) is 0 Å². The Balaban J connectivity index is 1.73. The summed E-state index contributed by atoms with van der Waals surface area (Å²) >= 11 is 0. The molecule has 0 aromatic heterocycles. The average Bonchev–Trinajstić information content (AvgIpc) is 2.80. The Bertz CT molecular complexity index is 169. The summed E-state index contributed by atoms with van der Waals surface area (Å²) in [6.07, 6.45) is 4.21. The number of hydrogen-bond acceptors (Lipinski definition) is 2. The summed E-state index contributed by atoms with van der Waals surface area (Å²) in [4.78, 5) is 2.70. The van der Waals surface area contributed by atoms with Crippen LogP contribution in [0.3, 0.4) is 0 Å². The van der Waals surface area contributed by atoms with Crippen LogP contribution in [0.2, 0.25) is 0 Å². The fourth-order valence-corrected chi connectivity index (χ4v) is 2.66. The summed E-state index contributed by atoms with van der Waals surface area (Å²) in [7, 11) is 0. The normalized spacial score (nSPS) is 39.7. The van der Waals surface area contributed by atoms with Crippen molar-refractivity contribution in [3.05, 3.63) is 0 Å². The second-order valence-electron chi connectivity index (χ2n) is 4.51. The minimum absolute atomic E-state index is 0.781. The molecule has 2 rings (SSSR count). The molecule has 0 aromatic rings. The van der Waals surface area contributed by atoms with Gasteiger partial charge in [-0.3, -0.25) is 4.90 Å². The van der Waals surface area contributed by atoms with Crippen LogP contribution in [-0.2, 0) is 0 Å². The van der Waals surface area contributed by atoms with E-state index in [9.17, 15) is 0 Å². The van der Waals surface area contributed by atoms with E-state index in [2.05, 4.69) is 24.1 Å². The predicted octanol–water partition coefficient (Wildman–Crippen LogP) is 1.47. The third kappa shape index (κ3) is 2.05. The van der Waals surface area contributed by atoms with Crippen LogP contribution in [0.5, 0.6) is 0 Å². The molecule has 1 aliphatic carbocycles. The molecule has 2 heteroatoms. The van der Waals surface area contributed by atoms with Crippen molar-refractivity contribution in [3.8, 4) is 0 Å². The monoisotopic (exact) mass is 182 g/mol. The molecule has 1 aliphatic heterocycles. The molecule has 0 aromatic carbocycles. The van der Waals surface area contributed by atoms with E-state index < -0.39 is 0 Å². The van der Waals surface area contributed by atoms with Crippen LogP contribution < -0.4 is 5.32 Å². The number of nitrogens with one attached hydrogen (secondary N) is 1. The number of rotatable bonds is 4. The first-order valence-corrected chi connectivity index (χ1v) is 5.82. The first-order chi connectivity index (χ1) is 6.35. The molecule has 3 unspecified atom stereocenters. The van der Waals surface area contributed by atoms with Gasteiger partial charge in [0.1, 0.15) is 0 Å². The number of hydrogen-bond donors (Lipinski definition) is 1. The van der Waals surface area contributed by atoms with E-state index in [0.29, 0.717) is 0 Å². The standard InChI is InChI=1S/C11H22N2/c1-3-9-7-11(9)13-6-5-10(8-13)12-4-2/h9-12H,3-8H2,1-2H3. The van der Waals surface area contributed by atoms with E-state index in [1.54, 1.807) is 0 Å². The van der Waals surface area contributed by atoms with Crippen LogP contribution in [0, 0.1) is 5.92 Å². The minimum Gasteiger partial charge on any atom is -0.313 e. The van der Waals surface area contributed by atoms with Crippen molar-refractivity contribution in [1.29, 1.82) is 0 Å². The van der Waals surface area contributed by atoms with Crippen LogP contribution in [0.4, 0.5) is 0 Å². The Morgan fingerprint density at radius 2 is 2.23 bits per heavy atom. The molecule has 1 heterocycles. The summed E-state index contributed by atoms with van der Waals surface area (Å²) in [6.45, 7) is 8.28. The maximum absolute atomic E-state index is 3.55. The summed E-state index contributed by atoms with van der Waals surface area (Å²) in [5.41, 5.74) is 0. The van der Waals surface area contributed by atoms with Gasteiger partial charge in [-0.05, 0) is 25.3 Å². The summed E-state index contributed by atoms with van der Waals surface area (Å²) < 4.78 is 0. The van der Waals surface area contributed by atoms with Crippen LogP contribution in [-0.4, -0.2) is 36.6 Å². The van der Waals surface area contributed by atoms with Crippen molar-refractivity contribution < 1.29 is 0 Å². The Labute approximate surface area is 81.7 Å². The molecule has 2 aliphatic rings. The number of nitrogens with zero attached hydrogens (tertiary/aromatic N) is 1. The quantitative estimate of drug-likeness (QED) is 0.708. The van der Waals surface area contributed by atoms with Crippen molar-refractivity contribution in [2.75, 3.05) is 19.6 Å². The molecule has 13 heavy (non-hydrogen) atoms. The fourth-order valence-electron chi connectivity index (χ4n) is 2.66. The highest BCUT2D eigenvalue weighted by Crippen LogP contribution is 2.39. The molecule has 0 spiro atoms. The molecular formula is C11H22N2. The van der Waals surface area contributed by atoms with Gasteiger partial charge in [0, 0.05) is 25.2 Å². The molecular weight excluding hydrogens is 160 g/mol. The number of likely N-dealkylation sites (tertiary alicyclic amines) is 1. The zero-order valence-corrected chi connectivity index (χ0v) is 8.92. The fraction of sp³-hybridized carbons (Fsp3) is 1.00. The second-order valence-corrected chi connectivity index (χ2v) is 4.51. The van der Waals surface area contributed by atoms with Crippen molar-refractivity contribution in [1.82, 2.24) is 10.2 Å². The topological polar surface area (TPSA) is 15.3 Å². The highest BCUT2D eigenvalue weighted by atomic mass is 15.2. The van der Waals surface area contributed by atoms with Crippen molar-refractivity contribution in [3.63, 3.8) is 0 Å². The van der Waals surface area contributed by atoms with E-state index in [0.717, 1.165) is 24.5 Å². The van der Waals surface area contributed by atoms with Gasteiger partial charge in [-0.2, -0.15) is 0 Å². The first-order valence-electron chi connectivity index (χ1n) is 5.82. The van der Waals surface area contributed by atoms with E-state index in [4.69, 9.17) is 0 Å². The van der Waals surface area contributed by atoms with Crippen LogP contribution in [0.25, 0.3) is 0 Å². The van der Waals surface area contributed by atoms with Crippen LogP contribution in [0.15, 0.2) is 0 Å². The number of likely N-dealkylation sites (N-methyl/N-ethyl adjacent to an activating group) is 1. The largest absolute Gasteiger partial charge is 0.313 e. The summed E-state index contributed by atoms with van der Waals surface area (Å²) in [5, 5.41) is 3.55. The van der Waals surface area contributed by atoms with Gasteiger partial charge in [0.2, 0.25) is 0 Å². The second kappa shape index (κ2) is 3.97. The van der Waals surface area contributed by atoms with E-state index in [-0.39, 0.29) is 0 Å². The van der Waals surface area contributed by atoms with Gasteiger partial charge in [0.15, 0.2) is 0 Å². The Morgan fingerprint density at radius 3 is 2.85 bits per heavy atom. The highest BCUT2D eigenvalue weighted by Gasteiger charge is 2.42. The van der Waals surface area contributed by atoms with E-state index in [1.807, 2.05) is 0 Å². The van der Waals surface area contributed by atoms with Crippen molar-refractivity contribution in [2.45, 2.75) is 45.2 Å². The molecule has 3 atom stereocenters. The van der Waals surface area contributed by atoms with Gasteiger partial charge in [-0.25, -0.2) is 0 Å². The Morgan fingerprint density at radius 1 is 1.38 bits per heavy atom. The molecule has 2 nitrogen and oxygen atoms in total. The first kappa shape index (κ1) is 9.47. The van der Waals surface area contributed by atoms with Gasteiger partial charge < -0.3 is 5.32 Å². The van der Waals surface area contributed by atoms with Crippen LogP contribution >= 0.6 is 0 Å². The lowest BCUT2D eigenvalue weighted by Gasteiger charge is -2.16. The Hall–Kier alpha value is -0.0800. The molecule has 1 N–H and O–H groups in total. The maximum atomic E-state index is 3.55. The summed E-state index contributed by atoms with van der Waals surface area (Å²) in [5.74, 6) is 1.03. The lowest BCUT2D eigenvalue weighted by Crippen LogP contribution is -2.33.